The second kappa shape index (κ2) is 6.75. The van der Waals surface area contributed by atoms with Gasteiger partial charge >= 0.3 is 0 Å². The summed E-state index contributed by atoms with van der Waals surface area (Å²) in [6.45, 7) is 5.58. The van der Waals surface area contributed by atoms with Crippen LogP contribution in [0.2, 0.25) is 0 Å². The summed E-state index contributed by atoms with van der Waals surface area (Å²) in [6.07, 6.45) is 0.925. The van der Waals surface area contributed by atoms with Crippen LogP contribution in [0.1, 0.15) is 35.9 Å². The number of nitrogens with one attached hydrogen (secondary N) is 1. The van der Waals surface area contributed by atoms with Gasteiger partial charge in [-0.25, -0.2) is 0 Å². The first-order valence-corrected chi connectivity index (χ1v) is 7.36. The Morgan fingerprint density at radius 2 is 2.00 bits per heavy atom. The van der Waals surface area contributed by atoms with Crippen molar-refractivity contribution in [1.82, 2.24) is 10.5 Å². The highest BCUT2D eigenvalue weighted by Crippen LogP contribution is 2.19. The van der Waals surface area contributed by atoms with Gasteiger partial charge < -0.3 is 14.9 Å². The Balaban J connectivity index is 1.85. The predicted octanol–water partition coefficient (Wildman–Crippen LogP) is 2.25. The van der Waals surface area contributed by atoms with Gasteiger partial charge in [-0.3, -0.25) is 4.79 Å². The molecule has 0 saturated carbocycles. The summed E-state index contributed by atoms with van der Waals surface area (Å²) in [6, 6.07) is 9.31. The predicted molar refractivity (Wildman–Crippen MR) is 83.3 cm³/mol. The second-order valence-electron chi connectivity index (χ2n) is 5.72. The van der Waals surface area contributed by atoms with Crippen molar-refractivity contribution in [2.75, 3.05) is 6.54 Å². The largest absolute Gasteiger partial charge is 0.384 e. The number of benzene rings is 1. The van der Waals surface area contributed by atoms with Crippen molar-refractivity contribution in [3.63, 3.8) is 0 Å². The zero-order chi connectivity index (χ0) is 16.2. The molecule has 1 amide bonds. The lowest BCUT2D eigenvalue weighted by Gasteiger charge is -2.24. The number of carbonyl (C=O) groups is 1. The van der Waals surface area contributed by atoms with Crippen molar-refractivity contribution < 1.29 is 14.4 Å². The fraction of sp³-hybridized carbons (Fsp3) is 0.412. The Morgan fingerprint density at radius 3 is 2.59 bits per heavy atom. The molecule has 1 unspecified atom stereocenters. The lowest BCUT2D eigenvalue weighted by Crippen LogP contribution is -2.38. The van der Waals surface area contributed by atoms with Crippen molar-refractivity contribution >= 4 is 5.91 Å². The van der Waals surface area contributed by atoms with E-state index < -0.39 is 5.60 Å². The number of aliphatic hydroxyl groups is 1. The van der Waals surface area contributed by atoms with Gasteiger partial charge in [0.05, 0.1) is 12.2 Å². The topological polar surface area (TPSA) is 75.4 Å². The number of hydrogen-bond acceptors (Lipinski definition) is 4. The molecule has 0 aliphatic carbocycles. The lowest BCUT2D eigenvalue weighted by atomic mass is 9.96. The molecule has 5 heteroatoms. The molecule has 0 saturated heterocycles. The van der Waals surface area contributed by atoms with E-state index in [1.54, 1.807) is 6.92 Å². The highest BCUT2D eigenvalue weighted by molar-refractivity contribution is 5.76. The molecule has 1 heterocycles. The van der Waals surface area contributed by atoms with Crippen molar-refractivity contribution in [3.05, 3.63) is 52.9 Å². The summed E-state index contributed by atoms with van der Waals surface area (Å²) < 4.78 is 5.08. The minimum Gasteiger partial charge on any atom is -0.384 e. The third-order valence-electron chi connectivity index (χ3n) is 3.81. The van der Waals surface area contributed by atoms with Gasteiger partial charge in [-0.1, -0.05) is 35.5 Å². The summed E-state index contributed by atoms with van der Waals surface area (Å²) in [5, 5.41) is 17.1. The van der Waals surface area contributed by atoms with E-state index in [1.165, 1.54) is 0 Å². The van der Waals surface area contributed by atoms with Crippen LogP contribution in [0, 0.1) is 13.8 Å². The molecule has 2 N–H and O–H groups in total. The van der Waals surface area contributed by atoms with E-state index in [2.05, 4.69) is 10.5 Å². The summed E-state index contributed by atoms with van der Waals surface area (Å²) in [4.78, 5) is 12.0. The molecule has 5 nitrogen and oxygen atoms in total. The van der Waals surface area contributed by atoms with Crippen LogP contribution in [-0.4, -0.2) is 22.7 Å². The molecule has 22 heavy (non-hydrogen) atoms. The van der Waals surface area contributed by atoms with Crippen LogP contribution in [0.3, 0.4) is 0 Å². The average Bonchev–Trinajstić information content (AvgIpc) is 2.83. The zero-order valence-corrected chi connectivity index (χ0v) is 13.2. The quantitative estimate of drug-likeness (QED) is 0.858. The molecule has 118 valence electrons. The van der Waals surface area contributed by atoms with Crippen LogP contribution in [0.15, 0.2) is 34.9 Å². The van der Waals surface area contributed by atoms with Gasteiger partial charge in [0.15, 0.2) is 0 Å². The van der Waals surface area contributed by atoms with Crippen molar-refractivity contribution in [3.8, 4) is 0 Å². The number of rotatable bonds is 6. The molecule has 0 aliphatic rings. The molecule has 1 aromatic carbocycles. The van der Waals surface area contributed by atoms with E-state index in [9.17, 15) is 9.90 Å². The van der Waals surface area contributed by atoms with E-state index >= 15 is 0 Å². The molecule has 2 rings (SSSR count). The van der Waals surface area contributed by atoms with E-state index in [4.69, 9.17) is 4.52 Å². The molecule has 2 aromatic rings. The minimum absolute atomic E-state index is 0.101. The molecular weight excluding hydrogens is 280 g/mol. The third kappa shape index (κ3) is 3.95. The first-order valence-electron chi connectivity index (χ1n) is 7.36. The van der Waals surface area contributed by atoms with Gasteiger partial charge in [0, 0.05) is 12.0 Å². The molecule has 1 atom stereocenters. The fourth-order valence-corrected chi connectivity index (χ4v) is 2.36. The summed E-state index contributed by atoms with van der Waals surface area (Å²) in [5.74, 6) is 0.651. The second-order valence-corrected chi connectivity index (χ2v) is 5.72. The maximum absolute atomic E-state index is 12.0. The van der Waals surface area contributed by atoms with Crippen molar-refractivity contribution in [2.24, 2.45) is 0 Å². The van der Waals surface area contributed by atoms with Crippen LogP contribution in [0.4, 0.5) is 0 Å². The van der Waals surface area contributed by atoms with Crippen LogP contribution in [-0.2, 0) is 16.8 Å². The van der Waals surface area contributed by atoms with Gasteiger partial charge in [0.1, 0.15) is 11.4 Å². The maximum atomic E-state index is 12.0. The fourth-order valence-electron chi connectivity index (χ4n) is 2.36. The normalized spacial score (nSPS) is 13.6. The van der Waals surface area contributed by atoms with Crippen LogP contribution < -0.4 is 5.32 Å². The Hall–Kier alpha value is -2.14. The van der Waals surface area contributed by atoms with Crippen molar-refractivity contribution in [1.29, 1.82) is 0 Å². The SMILES string of the molecule is Cc1noc(C)c1CCC(=O)NCC(C)(O)c1ccccc1. The van der Waals surface area contributed by atoms with E-state index in [0.717, 1.165) is 22.6 Å². The summed E-state index contributed by atoms with van der Waals surface area (Å²) >= 11 is 0. The Morgan fingerprint density at radius 1 is 1.32 bits per heavy atom. The van der Waals surface area contributed by atoms with Gasteiger partial charge in [-0.2, -0.15) is 0 Å². The van der Waals surface area contributed by atoms with Crippen LogP contribution in [0.25, 0.3) is 0 Å². The summed E-state index contributed by atoms with van der Waals surface area (Å²) in [5.41, 5.74) is 1.49. The number of aryl methyl sites for hydroxylation is 2. The van der Waals surface area contributed by atoms with Crippen molar-refractivity contribution in [2.45, 2.75) is 39.2 Å². The van der Waals surface area contributed by atoms with E-state index in [0.29, 0.717) is 12.8 Å². The first-order chi connectivity index (χ1) is 10.4. The van der Waals surface area contributed by atoms with Crippen LogP contribution >= 0.6 is 0 Å². The van der Waals surface area contributed by atoms with Gasteiger partial charge in [0.2, 0.25) is 5.91 Å². The molecule has 0 fully saturated rings. The summed E-state index contributed by atoms with van der Waals surface area (Å²) in [7, 11) is 0. The molecule has 0 bridgehead atoms. The number of aromatic nitrogens is 1. The van der Waals surface area contributed by atoms with Gasteiger partial charge in [0.25, 0.3) is 0 Å². The maximum Gasteiger partial charge on any atom is 0.220 e. The Kier molecular flexibility index (Phi) is 4.98. The Bertz CT molecular complexity index is 613. The number of amides is 1. The monoisotopic (exact) mass is 302 g/mol. The molecule has 0 aliphatic heterocycles. The smallest absolute Gasteiger partial charge is 0.220 e. The third-order valence-corrected chi connectivity index (χ3v) is 3.81. The number of carbonyl (C=O) groups excluding carboxylic acids is 1. The van der Waals surface area contributed by atoms with Crippen LogP contribution in [0.5, 0.6) is 0 Å². The van der Waals surface area contributed by atoms with Gasteiger partial charge in [-0.15, -0.1) is 0 Å². The lowest BCUT2D eigenvalue weighted by molar-refractivity contribution is -0.122. The minimum atomic E-state index is -1.08. The molecule has 0 spiro atoms. The molecular formula is C17H22N2O3. The molecule has 1 aromatic heterocycles. The average molecular weight is 302 g/mol. The van der Waals surface area contributed by atoms with E-state index in [-0.39, 0.29) is 12.5 Å². The van der Waals surface area contributed by atoms with Gasteiger partial charge in [-0.05, 0) is 32.8 Å². The number of nitrogens with zero attached hydrogens (tertiary/aromatic N) is 1. The first kappa shape index (κ1) is 16.2. The standard InChI is InChI=1S/C17H22N2O3/c1-12-15(13(2)22-19-12)9-10-16(20)18-11-17(3,21)14-7-5-4-6-8-14/h4-8,21H,9-11H2,1-3H3,(H,18,20). The Labute approximate surface area is 130 Å². The van der Waals surface area contributed by atoms with E-state index in [1.807, 2.05) is 44.2 Å². The number of hydrogen-bond donors (Lipinski definition) is 2. The highest BCUT2D eigenvalue weighted by atomic mass is 16.5. The highest BCUT2D eigenvalue weighted by Gasteiger charge is 2.23. The zero-order valence-electron chi connectivity index (χ0n) is 13.2. The molecule has 0 radical (unpaired) electrons.